The second-order valence-electron chi connectivity index (χ2n) is 3.84. The molecular formula is C10H14IN5. The maximum atomic E-state index is 5.96. The fourth-order valence-electron chi connectivity index (χ4n) is 1.82. The maximum absolute atomic E-state index is 5.96. The minimum Gasteiger partial charge on any atom is -0.383 e. The smallest absolute Gasteiger partial charge is 0.135 e. The van der Waals surface area contributed by atoms with Crippen molar-refractivity contribution >= 4 is 28.4 Å². The van der Waals surface area contributed by atoms with Crippen molar-refractivity contribution in [3.63, 3.8) is 0 Å². The summed E-state index contributed by atoms with van der Waals surface area (Å²) < 4.78 is 4.61. The zero-order chi connectivity index (χ0) is 11.9. The Bertz CT molecular complexity index is 511. The summed E-state index contributed by atoms with van der Waals surface area (Å²) in [5, 5.41) is 8.62. The normalized spacial score (nSPS) is 13.0. The molecule has 1 unspecified atom stereocenters. The summed E-state index contributed by atoms with van der Waals surface area (Å²) in [6.07, 6.45) is 3.78. The molecule has 0 fully saturated rings. The van der Waals surface area contributed by atoms with Gasteiger partial charge in [-0.1, -0.05) is 0 Å². The lowest BCUT2D eigenvalue weighted by Gasteiger charge is -2.13. The zero-order valence-corrected chi connectivity index (χ0v) is 11.6. The average molecular weight is 331 g/mol. The summed E-state index contributed by atoms with van der Waals surface area (Å²) >= 11 is 2.18. The van der Waals surface area contributed by atoms with Crippen molar-refractivity contribution in [1.82, 2.24) is 19.6 Å². The summed E-state index contributed by atoms with van der Waals surface area (Å²) in [6, 6.07) is 0.109. The van der Waals surface area contributed by atoms with E-state index in [0.29, 0.717) is 5.82 Å². The fraction of sp³-hybridized carbons (Fsp3) is 0.400. The number of rotatable bonds is 2. The number of aryl methyl sites for hydroxylation is 2. The largest absolute Gasteiger partial charge is 0.383 e. The van der Waals surface area contributed by atoms with Crippen molar-refractivity contribution in [1.29, 1.82) is 0 Å². The minimum atomic E-state index is 0.109. The van der Waals surface area contributed by atoms with Crippen LogP contribution in [0.2, 0.25) is 0 Å². The number of anilines is 1. The Hall–Kier alpha value is -1.05. The third-order valence-electron chi connectivity index (χ3n) is 2.66. The quantitative estimate of drug-likeness (QED) is 0.853. The maximum Gasteiger partial charge on any atom is 0.135 e. The lowest BCUT2D eigenvalue weighted by atomic mass is 10.1. The predicted octanol–water partition coefficient (Wildman–Crippen LogP) is 1.72. The van der Waals surface area contributed by atoms with Crippen LogP contribution in [0.15, 0.2) is 12.4 Å². The van der Waals surface area contributed by atoms with Gasteiger partial charge in [-0.3, -0.25) is 4.68 Å². The summed E-state index contributed by atoms with van der Waals surface area (Å²) in [4.78, 5) is 0. The lowest BCUT2D eigenvalue weighted by molar-refractivity contribution is 0.570. The van der Waals surface area contributed by atoms with Crippen molar-refractivity contribution in [2.45, 2.75) is 19.9 Å². The highest BCUT2D eigenvalue weighted by Gasteiger charge is 2.17. The molecule has 0 aliphatic rings. The summed E-state index contributed by atoms with van der Waals surface area (Å²) in [7, 11) is 1.92. The van der Waals surface area contributed by atoms with Gasteiger partial charge in [-0.2, -0.15) is 10.2 Å². The Labute approximate surface area is 108 Å². The molecule has 2 N–H and O–H groups in total. The van der Waals surface area contributed by atoms with Crippen molar-refractivity contribution in [3.8, 4) is 0 Å². The van der Waals surface area contributed by atoms with Gasteiger partial charge in [-0.25, -0.2) is 4.68 Å². The highest BCUT2D eigenvalue weighted by Crippen LogP contribution is 2.24. The number of nitrogen functional groups attached to an aromatic ring is 1. The zero-order valence-electron chi connectivity index (χ0n) is 9.48. The van der Waals surface area contributed by atoms with Crippen LogP contribution in [0.4, 0.5) is 5.82 Å². The van der Waals surface area contributed by atoms with Gasteiger partial charge in [0.2, 0.25) is 0 Å². The number of halogens is 1. The van der Waals surface area contributed by atoms with Crippen LogP contribution in [0.1, 0.15) is 24.2 Å². The second kappa shape index (κ2) is 4.08. The van der Waals surface area contributed by atoms with Crippen LogP contribution in [-0.2, 0) is 7.05 Å². The standard InChI is InChI=1S/C10H14IN5/c1-6-8(5-15(3)14-6)7(2)16-10(12)9(11)4-13-16/h4-5,7H,12H2,1-3H3. The Morgan fingerprint density at radius 2 is 2.19 bits per heavy atom. The fourth-order valence-corrected chi connectivity index (χ4v) is 2.19. The molecule has 0 saturated heterocycles. The van der Waals surface area contributed by atoms with Crippen LogP contribution in [0, 0.1) is 10.5 Å². The van der Waals surface area contributed by atoms with Gasteiger partial charge in [0.15, 0.2) is 0 Å². The molecule has 5 nitrogen and oxygen atoms in total. The first-order valence-electron chi connectivity index (χ1n) is 4.99. The van der Waals surface area contributed by atoms with Gasteiger partial charge in [0.1, 0.15) is 5.82 Å². The van der Waals surface area contributed by atoms with Crippen LogP contribution < -0.4 is 5.73 Å². The van der Waals surface area contributed by atoms with Crippen molar-refractivity contribution in [2.24, 2.45) is 7.05 Å². The van der Waals surface area contributed by atoms with E-state index in [9.17, 15) is 0 Å². The Kier molecular flexibility index (Phi) is 2.92. The van der Waals surface area contributed by atoms with Gasteiger partial charge in [0.25, 0.3) is 0 Å². The van der Waals surface area contributed by atoms with E-state index >= 15 is 0 Å². The third-order valence-corrected chi connectivity index (χ3v) is 3.49. The van der Waals surface area contributed by atoms with Crippen LogP contribution in [0.3, 0.4) is 0 Å². The molecule has 2 aromatic heterocycles. The van der Waals surface area contributed by atoms with Gasteiger partial charge in [-0.15, -0.1) is 0 Å². The van der Waals surface area contributed by atoms with Crippen LogP contribution in [0.25, 0.3) is 0 Å². The first-order chi connectivity index (χ1) is 7.50. The molecule has 1 atom stereocenters. The molecule has 6 heteroatoms. The molecule has 2 aromatic rings. The van der Waals surface area contributed by atoms with Crippen molar-refractivity contribution in [3.05, 3.63) is 27.2 Å². The Morgan fingerprint density at radius 3 is 2.62 bits per heavy atom. The van der Waals surface area contributed by atoms with E-state index in [1.165, 1.54) is 0 Å². The number of hydrogen-bond donors (Lipinski definition) is 1. The van der Waals surface area contributed by atoms with E-state index in [2.05, 4.69) is 39.7 Å². The number of aromatic nitrogens is 4. The monoisotopic (exact) mass is 331 g/mol. The van der Waals surface area contributed by atoms with E-state index in [1.807, 2.05) is 29.5 Å². The molecule has 86 valence electrons. The first kappa shape index (κ1) is 11.4. The minimum absolute atomic E-state index is 0.109. The van der Waals surface area contributed by atoms with E-state index in [0.717, 1.165) is 14.8 Å². The molecule has 0 saturated carbocycles. The van der Waals surface area contributed by atoms with E-state index in [4.69, 9.17) is 5.73 Å². The van der Waals surface area contributed by atoms with Gasteiger partial charge < -0.3 is 5.73 Å². The molecule has 2 rings (SSSR count). The third kappa shape index (κ3) is 1.81. The molecule has 0 amide bonds. The second-order valence-corrected chi connectivity index (χ2v) is 5.00. The SMILES string of the molecule is Cc1nn(C)cc1C(C)n1ncc(I)c1N. The van der Waals surface area contributed by atoms with Crippen LogP contribution in [-0.4, -0.2) is 19.6 Å². The van der Waals surface area contributed by atoms with Gasteiger partial charge in [-0.05, 0) is 36.4 Å². The molecule has 0 aromatic carbocycles. The topological polar surface area (TPSA) is 61.7 Å². The first-order valence-corrected chi connectivity index (χ1v) is 6.07. The van der Waals surface area contributed by atoms with Gasteiger partial charge in [0, 0.05) is 18.8 Å². The molecule has 0 radical (unpaired) electrons. The molecule has 0 bridgehead atoms. The van der Waals surface area contributed by atoms with Gasteiger partial charge >= 0.3 is 0 Å². The lowest BCUT2D eigenvalue weighted by Crippen LogP contribution is -2.12. The summed E-state index contributed by atoms with van der Waals surface area (Å²) in [5.41, 5.74) is 8.12. The molecule has 2 heterocycles. The predicted molar refractivity (Wildman–Crippen MR) is 71.1 cm³/mol. The number of nitrogens with zero attached hydrogens (tertiary/aromatic N) is 4. The van der Waals surface area contributed by atoms with E-state index in [-0.39, 0.29) is 6.04 Å². The molecule has 0 aliphatic heterocycles. The van der Waals surface area contributed by atoms with Crippen molar-refractivity contribution < 1.29 is 0 Å². The molecular weight excluding hydrogens is 317 g/mol. The molecule has 16 heavy (non-hydrogen) atoms. The van der Waals surface area contributed by atoms with E-state index < -0.39 is 0 Å². The number of nitrogens with two attached hydrogens (primary N) is 1. The summed E-state index contributed by atoms with van der Waals surface area (Å²) in [6.45, 7) is 4.07. The molecule has 0 aliphatic carbocycles. The van der Waals surface area contributed by atoms with Crippen molar-refractivity contribution in [2.75, 3.05) is 5.73 Å². The number of hydrogen-bond acceptors (Lipinski definition) is 3. The van der Waals surface area contributed by atoms with Gasteiger partial charge in [0.05, 0.1) is 21.5 Å². The van der Waals surface area contributed by atoms with E-state index in [1.54, 1.807) is 6.20 Å². The van der Waals surface area contributed by atoms with Crippen LogP contribution in [0.5, 0.6) is 0 Å². The Morgan fingerprint density at radius 1 is 1.50 bits per heavy atom. The highest BCUT2D eigenvalue weighted by molar-refractivity contribution is 14.1. The molecule has 0 spiro atoms. The Balaban J connectivity index is 2.42. The highest BCUT2D eigenvalue weighted by atomic mass is 127. The van der Waals surface area contributed by atoms with Crippen LogP contribution >= 0.6 is 22.6 Å². The average Bonchev–Trinajstić information content (AvgIpc) is 2.71. The summed E-state index contributed by atoms with van der Waals surface area (Å²) in [5.74, 6) is 0.705.